The second kappa shape index (κ2) is 8.50. The van der Waals surface area contributed by atoms with E-state index in [1.807, 2.05) is 6.07 Å². The van der Waals surface area contributed by atoms with Crippen molar-refractivity contribution in [3.63, 3.8) is 0 Å². The number of carboxylic acid groups (broad SMARTS) is 1. The van der Waals surface area contributed by atoms with Crippen molar-refractivity contribution in [1.82, 2.24) is 4.57 Å². The minimum absolute atomic E-state index is 0.148. The molecule has 0 aliphatic rings. The summed E-state index contributed by atoms with van der Waals surface area (Å²) in [6, 6.07) is 13.8. The molecule has 146 valence electrons. The molecule has 2 aromatic carbocycles. The van der Waals surface area contributed by atoms with Crippen molar-refractivity contribution in [1.29, 1.82) is 5.26 Å². The number of anilines is 1. The van der Waals surface area contributed by atoms with Crippen LogP contribution in [-0.2, 0) is 16.1 Å². The number of benzene rings is 2. The molecule has 1 aromatic heterocycles. The number of aliphatic carboxylic acids is 1. The highest BCUT2D eigenvalue weighted by Gasteiger charge is 2.15. The third-order valence-electron chi connectivity index (χ3n) is 4.20. The second-order valence-electron chi connectivity index (χ2n) is 6.09. The molecule has 0 aliphatic carbocycles. The van der Waals surface area contributed by atoms with Crippen LogP contribution in [-0.4, -0.2) is 28.7 Å². The number of hydrogen-bond acceptors (Lipinski definition) is 4. The van der Waals surface area contributed by atoms with Gasteiger partial charge in [-0.05, 0) is 30.3 Å². The standard InChI is InChI=1S/C21H16ClN3O4/c1-29-19-7-6-15(22)9-17(19)24-21(28)13(10-23)8-14-11-25(12-20(26)27)18-5-3-2-4-16(14)18/h2-9,11H,12H2,1H3,(H,24,28)(H,26,27)/b13-8+. The predicted octanol–water partition coefficient (Wildman–Crippen LogP) is 3.93. The maximum absolute atomic E-state index is 12.6. The summed E-state index contributed by atoms with van der Waals surface area (Å²) >= 11 is 5.97. The van der Waals surface area contributed by atoms with Crippen molar-refractivity contribution in [2.24, 2.45) is 0 Å². The van der Waals surface area contributed by atoms with Crippen LogP contribution in [0.5, 0.6) is 5.75 Å². The van der Waals surface area contributed by atoms with Crippen LogP contribution in [0.1, 0.15) is 5.56 Å². The zero-order valence-corrected chi connectivity index (χ0v) is 16.1. The molecule has 1 amide bonds. The average molecular weight is 410 g/mol. The van der Waals surface area contributed by atoms with Gasteiger partial charge in [0.2, 0.25) is 0 Å². The minimum atomic E-state index is -0.993. The number of methoxy groups -OCH3 is 1. The van der Waals surface area contributed by atoms with Gasteiger partial charge in [0.05, 0.1) is 12.8 Å². The monoisotopic (exact) mass is 409 g/mol. The van der Waals surface area contributed by atoms with Crippen molar-refractivity contribution in [3.8, 4) is 11.8 Å². The van der Waals surface area contributed by atoms with Crippen LogP contribution < -0.4 is 10.1 Å². The van der Waals surface area contributed by atoms with Gasteiger partial charge in [0.1, 0.15) is 23.9 Å². The molecule has 0 saturated carbocycles. The number of hydrogen-bond donors (Lipinski definition) is 2. The van der Waals surface area contributed by atoms with E-state index in [0.717, 1.165) is 5.39 Å². The van der Waals surface area contributed by atoms with Crippen molar-refractivity contribution >= 4 is 46.1 Å². The highest BCUT2D eigenvalue weighted by atomic mass is 35.5. The summed E-state index contributed by atoms with van der Waals surface area (Å²) in [6.07, 6.45) is 3.02. The van der Waals surface area contributed by atoms with Crippen molar-refractivity contribution in [3.05, 3.63) is 64.8 Å². The number of nitrogens with one attached hydrogen (secondary N) is 1. The molecule has 7 nitrogen and oxygen atoms in total. The first-order valence-electron chi connectivity index (χ1n) is 8.49. The van der Waals surface area contributed by atoms with Crippen molar-refractivity contribution in [2.75, 3.05) is 12.4 Å². The molecule has 3 aromatic rings. The fourth-order valence-electron chi connectivity index (χ4n) is 2.94. The van der Waals surface area contributed by atoms with Crippen LogP contribution in [0.3, 0.4) is 0 Å². The molecule has 0 aliphatic heterocycles. The van der Waals surface area contributed by atoms with Gasteiger partial charge in [0.15, 0.2) is 0 Å². The molecular formula is C21H16ClN3O4. The van der Waals surface area contributed by atoms with Gasteiger partial charge >= 0.3 is 5.97 Å². The Morgan fingerprint density at radius 1 is 1.31 bits per heavy atom. The molecule has 29 heavy (non-hydrogen) atoms. The number of para-hydroxylation sites is 1. The van der Waals surface area contributed by atoms with Gasteiger partial charge in [-0.15, -0.1) is 0 Å². The van der Waals surface area contributed by atoms with Gasteiger partial charge in [-0.25, -0.2) is 0 Å². The van der Waals surface area contributed by atoms with Crippen LogP contribution in [0, 0.1) is 11.3 Å². The number of fused-ring (bicyclic) bond motifs is 1. The normalized spacial score (nSPS) is 11.1. The molecular weight excluding hydrogens is 394 g/mol. The van der Waals surface area contributed by atoms with Crippen LogP contribution in [0.2, 0.25) is 5.02 Å². The van der Waals surface area contributed by atoms with Crippen LogP contribution in [0.15, 0.2) is 54.2 Å². The summed E-state index contributed by atoms with van der Waals surface area (Å²) in [5.74, 6) is -1.23. The van der Waals surface area contributed by atoms with E-state index < -0.39 is 11.9 Å². The number of carbonyl (C=O) groups is 2. The topological polar surface area (TPSA) is 104 Å². The van der Waals surface area contributed by atoms with E-state index >= 15 is 0 Å². The Kier molecular flexibility index (Phi) is 5.86. The second-order valence-corrected chi connectivity index (χ2v) is 6.53. The lowest BCUT2D eigenvalue weighted by Gasteiger charge is -2.10. The highest BCUT2D eigenvalue weighted by molar-refractivity contribution is 6.31. The lowest BCUT2D eigenvalue weighted by Crippen LogP contribution is -2.14. The molecule has 0 radical (unpaired) electrons. The Morgan fingerprint density at radius 3 is 2.76 bits per heavy atom. The maximum Gasteiger partial charge on any atom is 0.323 e. The van der Waals surface area contributed by atoms with Gasteiger partial charge in [-0.3, -0.25) is 9.59 Å². The first kappa shape index (κ1) is 20.0. The predicted molar refractivity (Wildman–Crippen MR) is 110 cm³/mol. The summed E-state index contributed by atoms with van der Waals surface area (Å²) in [7, 11) is 1.46. The highest BCUT2D eigenvalue weighted by Crippen LogP contribution is 2.29. The van der Waals surface area contributed by atoms with E-state index in [-0.39, 0.29) is 12.1 Å². The molecule has 0 saturated heterocycles. The maximum atomic E-state index is 12.6. The van der Waals surface area contributed by atoms with Gasteiger partial charge in [0, 0.05) is 27.7 Å². The first-order valence-corrected chi connectivity index (χ1v) is 8.87. The molecule has 3 rings (SSSR count). The van der Waals surface area contributed by atoms with Crippen LogP contribution in [0.4, 0.5) is 5.69 Å². The fourth-order valence-corrected chi connectivity index (χ4v) is 3.11. The molecule has 0 unspecified atom stereocenters. The number of rotatable bonds is 6. The molecule has 1 heterocycles. The third-order valence-corrected chi connectivity index (χ3v) is 4.43. The smallest absolute Gasteiger partial charge is 0.323 e. The van der Waals surface area contributed by atoms with Gasteiger partial charge in [0.25, 0.3) is 5.91 Å². The lowest BCUT2D eigenvalue weighted by molar-refractivity contribution is -0.137. The van der Waals surface area contributed by atoms with E-state index in [1.165, 1.54) is 19.3 Å². The van der Waals surface area contributed by atoms with Crippen LogP contribution in [0.25, 0.3) is 17.0 Å². The quantitative estimate of drug-likeness (QED) is 0.474. The Balaban J connectivity index is 1.98. The van der Waals surface area contributed by atoms with Crippen LogP contribution >= 0.6 is 11.6 Å². The third kappa shape index (κ3) is 4.39. The number of nitrogens with zero attached hydrogens (tertiary/aromatic N) is 2. The number of ether oxygens (including phenoxy) is 1. The van der Waals surface area contributed by atoms with E-state index in [9.17, 15) is 14.9 Å². The molecule has 0 atom stereocenters. The zero-order chi connectivity index (χ0) is 21.0. The van der Waals surface area contributed by atoms with Crippen molar-refractivity contribution < 1.29 is 19.4 Å². The molecule has 0 spiro atoms. The SMILES string of the molecule is COc1ccc(Cl)cc1NC(=O)/C(C#N)=C/c1cn(CC(=O)O)c2ccccc12. The largest absolute Gasteiger partial charge is 0.495 e. The number of nitriles is 1. The van der Waals surface area contributed by atoms with E-state index in [4.69, 9.17) is 21.4 Å². The summed E-state index contributed by atoms with van der Waals surface area (Å²) in [5, 5.41) is 22.4. The van der Waals surface area contributed by atoms with E-state index in [2.05, 4.69) is 5.32 Å². The number of aromatic nitrogens is 1. The zero-order valence-electron chi connectivity index (χ0n) is 15.3. The van der Waals surface area contributed by atoms with Crippen molar-refractivity contribution in [2.45, 2.75) is 6.54 Å². The Morgan fingerprint density at radius 2 is 2.07 bits per heavy atom. The molecule has 2 N–H and O–H groups in total. The fraction of sp³-hybridized carbons (Fsp3) is 0.0952. The van der Waals surface area contributed by atoms with E-state index in [0.29, 0.717) is 27.5 Å². The lowest BCUT2D eigenvalue weighted by atomic mass is 10.1. The Bertz CT molecular complexity index is 1170. The Hall–Kier alpha value is -3.76. The van der Waals surface area contributed by atoms with Gasteiger partial charge in [-0.2, -0.15) is 5.26 Å². The minimum Gasteiger partial charge on any atom is -0.495 e. The molecule has 0 fully saturated rings. The van der Waals surface area contributed by atoms with Gasteiger partial charge in [-0.1, -0.05) is 29.8 Å². The summed E-state index contributed by atoms with van der Waals surface area (Å²) in [4.78, 5) is 23.8. The molecule has 0 bridgehead atoms. The number of halogens is 1. The number of amides is 1. The summed E-state index contributed by atoms with van der Waals surface area (Å²) < 4.78 is 6.75. The van der Waals surface area contributed by atoms with Gasteiger partial charge < -0.3 is 19.7 Å². The summed E-state index contributed by atoms with van der Waals surface area (Å²) in [5.41, 5.74) is 1.44. The summed E-state index contributed by atoms with van der Waals surface area (Å²) in [6.45, 7) is -0.234. The average Bonchev–Trinajstić information content (AvgIpc) is 3.03. The first-order chi connectivity index (χ1) is 13.9. The number of carbonyl (C=O) groups excluding carboxylic acids is 1. The molecule has 8 heteroatoms. The Labute approximate surface area is 171 Å². The van der Waals surface area contributed by atoms with E-state index in [1.54, 1.807) is 47.2 Å². The number of carboxylic acids is 1.